The molecule has 2 atom stereocenters. The van der Waals surface area contributed by atoms with Crippen LogP contribution in [-0.4, -0.2) is 57.2 Å². The van der Waals surface area contributed by atoms with Gasteiger partial charge in [-0.3, -0.25) is 9.59 Å². The summed E-state index contributed by atoms with van der Waals surface area (Å²) in [4.78, 5) is 30.0. The molecule has 0 fully saturated rings. The van der Waals surface area contributed by atoms with Crippen LogP contribution in [0.5, 0.6) is 5.75 Å². The van der Waals surface area contributed by atoms with Crippen LogP contribution in [0.2, 0.25) is 5.02 Å². The van der Waals surface area contributed by atoms with E-state index in [9.17, 15) is 9.59 Å². The molecule has 0 aliphatic carbocycles. The van der Waals surface area contributed by atoms with Crippen LogP contribution in [0.4, 0.5) is 5.69 Å². The predicted octanol–water partition coefficient (Wildman–Crippen LogP) is 4.02. The first kappa shape index (κ1) is 22.5. The molecule has 0 aromatic heterocycles. The van der Waals surface area contributed by atoms with Crippen LogP contribution in [0.3, 0.4) is 0 Å². The Morgan fingerprint density at radius 2 is 1.90 bits per heavy atom. The van der Waals surface area contributed by atoms with Gasteiger partial charge in [-0.2, -0.15) is 0 Å². The number of benzene rings is 2. The molecule has 0 saturated carbocycles. The zero-order valence-electron chi connectivity index (χ0n) is 17.4. The molecular weight excluding hydrogens is 424 g/mol. The van der Waals surface area contributed by atoms with E-state index in [1.54, 1.807) is 18.1 Å². The number of carbonyl (C=O) groups excluding carboxylic acids is 2. The third-order valence-corrected chi connectivity index (χ3v) is 6.64. The Hall–Kier alpha value is -2.22. The summed E-state index contributed by atoms with van der Waals surface area (Å²) in [6.45, 7) is 2.42. The quantitative estimate of drug-likeness (QED) is 0.622. The molecule has 0 N–H and O–H groups in total. The summed E-state index contributed by atoms with van der Waals surface area (Å²) in [5.41, 5.74) is 1.58. The molecule has 2 aromatic carbocycles. The smallest absolute Gasteiger partial charge is 0.303 e. The Morgan fingerprint density at radius 3 is 2.50 bits per heavy atom. The van der Waals surface area contributed by atoms with E-state index in [2.05, 4.69) is 0 Å². The van der Waals surface area contributed by atoms with Crippen LogP contribution in [0.25, 0.3) is 0 Å². The van der Waals surface area contributed by atoms with Gasteiger partial charge in [0.15, 0.2) is 6.10 Å². The number of hydrogen-bond donors (Lipinski definition) is 0. The number of anilines is 1. The maximum absolute atomic E-state index is 13.6. The molecule has 6 nitrogen and oxygen atoms in total. The monoisotopic (exact) mass is 448 g/mol. The molecule has 3 rings (SSSR count). The lowest BCUT2D eigenvalue weighted by Crippen LogP contribution is -2.45. The maximum atomic E-state index is 13.6. The zero-order valence-corrected chi connectivity index (χ0v) is 19.0. The number of nitrogens with zero attached hydrogens (tertiary/aromatic N) is 2. The van der Waals surface area contributed by atoms with Crippen molar-refractivity contribution in [3.63, 3.8) is 0 Å². The van der Waals surface area contributed by atoms with Gasteiger partial charge in [0.2, 0.25) is 0 Å². The van der Waals surface area contributed by atoms with Crippen LogP contribution in [0, 0.1) is 0 Å². The molecule has 1 amide bonds. The van der Waals surface area contributed by atoms with Gasteiger partial charge in [0.25, 0.3) is 5.91 Å². The highest BCUT2D eigenvalue weighted by atomic mass is 35.5. The van der Waals surface area contributed by atoms with Gasteiger partial charge in [0.05, 0.1) is 28.0 Å². The number of hydrogen-bond acceptors (Lipinski definition) is 6. The Kier molecular flexibility index (Phi) is 7.28. The van der Waals surface area contributed by atoms with Crippen molar-refractivity contribution in [1.82, 2.24) is 4.90 Å². The van der Waals surface area contributed by atoms with Gasteiger partial charge in [-0.15, -0.1) is 11.8 Å². The highest BCUT2D eigenvalue weighted by Crippen LogP contribution is 2.49. The number of fused-ring (bicyclic) bond motifs is 1. The van der Waals surface area contributed by atoms with E-state index < -0.39 is 17.3 Å². The molecule has 1 aliphatic rings. The van der Waals surface area contributed by atoms with Crippen LogP contribution in [0.1, 0.15) is 17.7 Å². The molecule has 1 heterocycles. The standard InChI is InChI=1S/C22H25ClN2O4S/c1-14(26)29-19-20(15-8-10-16(28-4)11-9-15)30-21-17(23)6-5-7-18(21)25(22(19)27)13-12-24(2)3/h5-11,19-20H,12-13H2,1-4H3/t19?,20-/m0/s1. The molecule has 0 bridgehead atoms. The number of rotatable bonds is 6. The first-order valence-electron chi connectivity index (χ1n) is 9.54. The van der Waals surface area contributed by atoms with E-state index in [4.69, 9.17) is 21.1 Å². The van der Waals surface area contributed by atoms with Crippen molar-refractivity contribution in [2.75, 3.05) is 39.2 Å². The predicted molar refractivity (Wildman–Crippen MR) is 120 cm³/mol. The summed E-state index contributed by atoms with van der Waals surface area (Å²) >= 11 is 7.98. The Balaban J connectivity index is 2.11. The summed E-state index contributed by atoms with van der Waals surface area (Å²) in [5, 5.41) is 0.109. The second-order valence-electron chi connectivity index (χ2n) is 7.22. The van der Waals surface area contributed by atoms with E-state index in [1.165, 1.54) is 18.7 Å². The summed E-state index contributed by atoms with van der Waals surface area (Å²) in [6, 6.07) is 12.9. The number of halogens is 1. The highest BCUT2D eigenvalue weighted by molar-refractivity contribution is 8.00. The fourth-order valence-electron chi connectivity index (χ4n) is 3.28. The van der Waals surface area contributed by atoms with Crippen molar-refractivity contribution < 1.29 is 19.1 Å². The maximum Gasteiger partial charge on any atom is 0.303 e. The summed E-state index contributed by atoms with van der Waals surface area (Å²) < 4.78 is 10.8. The molecule has 1 unspecified atom stereocenters. The lowest BCUT2D eigenvalue weighted by molar-refractivity contribution is -0.152. The Labute approximate surface area is 186 Å². The number of ether oxygens (including phenoxy) is 2. The first-order valence-corrected chi connectivity index (χ1v) is 10.8. The summed E-state index contributed by atoms with van der Waals surface area (Å²) in [7, 11) is 5.48. The molecule has 0 saturated heterocycles. The van der Waals surface area contributed by atoms with Crippen molar-refractivity contribution in [2.24, 2.45) is 0 Å². The van der Waals surface area contributed by atoms with Crippen molar-refractivity contribution in [3.05, 3.63) is 53.1 Å². The number of thioether (sulfide) groups is 1. The molecule has 0 radical (unpaired) electrons. The summed E-state index contributed by atoms with van der Waals surface area (Å²) in [6.07, 6.45) is -0.980. The second kappa shape index (κ2) is 9.73. The van der Waals surface area contributed by atoms with Gasteiger partial charge >= 0.3 is 5.97 Å². The molecule has 0 spiro atoms. The van der Waals surface area contributed by atoms with Gasteiger partial charge in [0, 0.05) is 20.0 Å². The average Bonchev–Trinajstić information content (AvgIpc) is 2.82. The number of carbonyl (C=O) groups is 2. The van der Waals surface area contributed by atoms with E-state index >= 15 is 0 Å². The minimum atomic E-state index is -0.980. The molecule has 160 valence electrons. The topological polar surface area (TPSA) is 59.1 Å². The van der Waals surface area contributed by atoms with Crippen molar-refractivity contribution in [1.29, 1.82) is 0 Å². The fourth-order valence-corrected chi connectivity index (χ4v) is 4.90. The molecular formula is C22H25ClN2O4S. The number of amides is 1. The second-order valence-corrected chi connectivity index (χ2v) is 8.78. The van der Waals surface area contributed by atoms with Gasteiger partial charge in [0.1, 0.15) is 5.75 Å². The Morgan fingerprint density at radius 1 is 1.20 bits per heavy atom. The van der Waals surface area contributed by atoms with Crippen LogP contribution >= 0.6 is 23.4 Å². The van der Waals surface area contributed by atoms with E-state index in [-0.39, 0.29) is 5.91 Å². The molecule has 2 aromatic rings. The average molecular weight is 449 g/mol. The van der Waals surface area contributed by atoms with Crippen LogP contribution in [-0.2, 0) is 14.3 Å². The minimum Gasteiger partial charge on any atom is -0.497 e. The van der Waals surface area contributed by atoms with Gasteiger partial charge in [-0.1, -0.05) is 29.8 Å². The number of esters is 1. The fraction of sp³-hybridized carbons (Fsp3) is 0.364. The Bertz CT molecular complexity index is 920. The van der Waals surface area contributed by atoms with Crippen molar-refractivity contribution in [2.45, 2.75) is 23.2 Å². The summed E-state index contributed by atoms with van der Waals surface area (Å²) in [5.74, 6) is -0.0581. The van der Waals surface area contributed by atoms with Crippen molar-refractivity contribution >= 4 is 40.9 Å². The van der Waals surface area contributed by atoms with Crippen LogP contribution < -0.4 is 9.64 Å². The number of methoxy groups -OCH3 is 1. The van der Waals surface area contributed by atoms with Crippen LogP contribution in [0.15, 0.2) is 47.4 Å². The van der Waals surface area contributed by atoms with Gasteiger partial charge in [-0.05, 0) is 43.9 Å². The number of likely N-dealkylation sites (N-methyl/N-ethyl adjacent to an activating group) is 1. The third kappa shape index (κ3) is 4.91. The van der Waals surface area contributed by atoms with Gasteiger partial charge in [-0.25, -0.2) is 0 Å². The normalized spacial score (nSPS) is 18.7. The molecule has 8 heteroatoms. The van der Waals surface area contributed by atoms with Gasteiger partial charge < -0.3 is 19.3 Å². The third-order valence-electron chi connectivity index (χ3n) is 4.77. The largest absolute Gasteiger partial charge is 0.497 e. The SMILES string of the molecule is COc1ccc([C@@H]2Sc3c(Cl)cccc3N(CCN(C)C)C(=O)C2OC(C)=O)cc1. The van der Waals surface area contributed by atoms with E-state index in [1.807, 2.05) is 55.4 Å². The first-order chi connectivity index (χ1) is 14.3. The lowest BCUT2D eigenvalue weighted by atomic mass is 10.1. The molecule has 1 aliphatic heterocycles. The highest BCUT2D eigenvalue weighted by Gasteiger charge is 2.41. The van der Waals surface area contributed by atoms with E-state index in [0.29, 0.717) is 23.9 Å². The zero-order chi connectivity index (χ0) is 21.8. The van der Waals surface area contributed by atoms with E-state index in [0.717, 1.165) is 16.1 Å². The molecule has 30 heavy (non-hydrogen) atoms. The van der Waals surface area contributed by atoms with Crippen molar-refractivity contribution in [3.8, 4) is 5.75 Å². The minimum absolute atomic E-state index is 0.263. The lowest BCUT2D eigenvalue weighted by Gasteiger charge is -2.28.